The molecule has 2 aromatic rings. The van der Waals surface area contributed by atoms with Crippen LogP contribution in [0, 0.1) is 13.8 Å². The zero-order valence-corrected chi connectivity index (χ0v) is 16.2. The Labute approximate surface area is 156 Å². The van der Waals surface area contributed by atoms with E-state index in [0.717, 1.165) is 23.6 Å². The van der Waals surface area contributed by atoms with Gasteiger partial charge in [0.25, 0.3) is 0 Å². The van der Waals surface area contributed by atoms with Gasteiger partial charge in [0.15, 0.2) is 0 Å². The molecular weight excluding hydrogens is 324 g/mol. The van der Waals surface area contributed by atoms with Crippen molar-refractivity contribution in [1.29, 1.82) is 0 Å². The van der Waals surface area contributed by atoms with Gasteiger partial charge in [-0.1, -0.05) is 49.6 Å². The van der Waals surface area contributed by atoms with Crippen LogP contribution < -0.4 is 5.32 Å². The maximum Gasteiger partial charge on any atom is 0.238 e. The van der Waals surface area contributed by atoms with Crippen molar-refractivity contribution in [3.63, 3.8) is 0 Å². The van der Waals surface area contributed by atoms with Crippen molar-refractivity contribution in [3.05, 3.63) is 47.3 Å². The first kappa shape index (κ1) is 18.6. The first-order valence-electron chi connectivity index (χ1n) is 9.62. The number of hydrogen-bond donors (Lipinski definition) is 1. The molecule has 1 saturated carbocycles. The van der Waals surface area contributed by atoms with Gasteiger partial charge in [-0.2, -0.15) is 5.10 Å². The third-order valence-electron chi connectivity index (χ3n) is 5.44. The van der Waals surface area contributed by atoms with Crippen molar-refractivity contribution in [2.45, 2.75) is 58.5 Å². The highest BCUT2D eigenvalue weighted by Crippen LogP contribution is 2.24. The first-order chi connectivity index (χ1) is 12.5. The van der Waals surface area contributed by atoms with Gasteiger partial charge >= 0.3 is 0 Å². The summed E-state index contributed by atoms with van der Waals surface area (Å²) >= 11 is 0. The topological polar surface area (TPSA) is 50.2 Å². The maximum absolute atomic E-state index is 12.8. The number of benzene rings is 1. The number of nitrogens with zero attached hydrogens (tertiary/aromatic N) is 3. The molecule has 0 unspecified atom stereocenters. The smallest absolute Gasteiger partial charge is 0.238 e. The molecule has 1 aliphatic rings. The van der Waals surface area contributed by atoms with Crippen LogP contribution in [0.4, 0.5) is 5.69 Å². The highest BCUT2D eigenvalue weighted by atomic mass is 16.2. The number of rotatable bonds is 6. The molecule has 0 spiro atoms. The van der Waals surface area contributed by atoms with Crippen LogP contribution in [0.25, 0.3) is 0 Å². The molecule has 0 radical (unpaired) electrons. The van der Waals surface area contributed by atoms with Crippen molar-refractivity contribution < 1.29 is 4.79 Å². The van der Waals surface area contributed by atoms with Crippen LogP contribution >= 0.6 is 0 Å². The fourth-order valence-electron chi connectivity index (χ4n) is 3.90. The van der Waals surface area contributed by atoms with E-state index in [1.165, 1.54) is 37.7 Å². The Morgan fingerprint density at radius 3 is 2.50 bits per heavy atom. The fraction of sp³-hybridized carbons (Fsp3) is 0.524. The molecule has 0 aliphatic heterocycles. The van der Waals surface area contributed by atoms with E-state index in [1.54, 1.807) is 0 Å². The minimum absolute atomic E-state index is 0.0469. The lowest BCUT2D eigenvalue weighted by Gasteiger charge is -2.34. The Balaban J connectivity index is 1.70. The van der Waals surface area contributed by atoms with Crippen LogP contribution in [0.1, 0.15) is 49.1 Å². The lowest BCUT2D eigenvalue weighted by Crippen LogP contribution is -2.41. The Bertz CT molecular complexity index is 732. The van der Waals surface area contributed by atoms with Gasteiger partial charge in [0.2, 0.25) is 5.91 Å². The van der Waals surface area contributed by atoms with Crippen molar-refractivity contribution >= 4 is 11.6 Å². The van der Waals surface area contributed by atoms with E-state index in [1.807, 2.05) is 31.6 Å². The lowest BCUT2D eigenvalue weighted by molar-refractivity contribution is -0.118. The molecule has 5 nitrogen and oxygen atoms in total. The van der Waals surface area contributed by atoms with Gasteiger partial charge in [-0.25, -0.2) is 0 Å². The van der Waals surface area contributed by atoms with Crippen LogP contribution in [0.3, 0.4) is 0 Å². The molecule has 0 saturated heterocycles. The molecule has 0 atom stereocenters. The molecular formula is C21H30N4O. The first-order valence-corrected chi connectivity index (χ1v) is 9.62. The molecule has 1 aromatic carbocycles. The van der Waals surface area contributed by atoms with Crippen LogP contribution in [-0.4, -0.2) is 33.2 Å². The molecule has 1 N–H and O–H groups in total. The quantitative estimate of drug-likeness (QED) is 0.858. The van der Waals surface area contributed by atoms with Crippen molar-refractivity contribution in [2.24, 2.45) is 7.05 Å². The molecule has 26 heavy (non-hydrogen) atoms. The summed E-state index contributed by atoms with van der Waals surface area (Å²) in [5.74, 6) is 0.0469. The molecule has 1 aliphatic carbocycles. The van der Waals surface area contributed by atoms with Crippen LogP contribution in [0.2, 0.25) is 0 Å². The van der Waals surface area contributed by atoms with E-state index >= 15 is 0 Å². The van der Waals surface area contributed by atoms with Crippen LogP contribution in [0.5, 0.6) is 0 Å². The minimum Gasteiger partial charge on any atom is -0.322 e. The number of aromatic nitrogens is 2. The molecule has 1 aromatic heterocycles. The third-order valence-corrected chi connectivity index (χ3v) is 5.44. The zero-order chi connectivity index (χ0) is 18.5. The SMILES string of the molecule is Cc1nn(C)c(C)c1NC(=O)CN(Cc1ccccc1)C1CCCCC1. The van der Waals surface area contributed by atoms with E-state index in [9.17, 15) is 4.79 Å². The third kappa shape index (κ3) is 4.52. The van der Waals surface area contributed by atoms with E-state index in [2.05, 4.69) is 39.6 Å². The highest BCUT2D eigenvalue weighted by Gasteiger charge is 2.24. The number of hydrogen-bond acceptors (Lipinski definition) is 3. The van der Waals surface area contributed by atoms with Crippen molar-refractivity contribution in [3.8, 4) is 0 Å². The minimum atomic E-state index is 0.0469. The second-order valence-corrected chi connectivity index (χ2v) is 7.40. The number of anilines is 1. The molecule has 140 valence electrons. The molecule has 1 amide bonds. The molecule has 3 rings (SSSR count). The summed E-state index contributed by atoms with van der Waals surface area (Å²) in [6, 6.07) is 10.9. The number of carbonyl (C=O) groups excluding carboxylic acids is 1. The summed E-state index contributed by atoms with van der Waals surface area (Å²) in [4.78, 5) is 15.1. The fourth-order valence-corrected chi connectivity index (χ4v) is 3.90. The van der Waals surface area contributed by atoms with Gasteiger partial charge in [0.1, 0.15) is 0 Å². The second kappa shape index (κ2) is 8.49. The van der Waals surface area contributed by atoms with Gasteiger partial charge < -0.3 is 5.32 Å². The summed E-state index contributed by atoms with van der Waals surface area (Å²) in [5.41, 5.74) is 3.97. The van der Waals surface area contributed by atoms with E-state index in [-0.39, 0.29) is 5.91 Å². The van der Waals surface area contributed by atoms with E-state index < -0.39 is 0 Å². The second-order valence-electron chi connectivity index (χ2n) is 7.40. The monoisotopic (exact) mass is 354 g/mol. The van der Waals surface area contributed by atoms with E-state index in [0.29, 0.717) is 12.6 Å². The average Bonchev–Trinajstić information content (AvgIpc) is 2.89. The van der Waals surface area contributed by atoms with Crippen molar-refractivity contribution in [2.75, 3.05) is 11.9 Å². The van der Waals surface area contributed by atoms with Gasteiger partial charge in [-0.05, 0) is 32.3 Å². The summed E-state index contributed by atoms with van der Waals surface area (Å²) in [6.45, 7) is 5.17. The number of carbonyl (C=O) groups is 1. The highest BCUT2D eigenvalue weighted by molar-refractivity contribution is 5.93. The number of amides is 1. The summed E-state index contributed by atoms with van der Waals surface area (Å²) < 4.78 is 1.81. The van der Waals surface area contributed by atoms with E-state index in [4.69, 9.17) is 0 Å². The molecule has 5 heteroatoms. The molecule has 0 bridgehead atoms. The van der Waals surface area contributed by atoms with Gasteiger partial charge in [0, 0.05) is 19.6 Å². The van der Waals surface area contributed by atoms with Crippen LogP contribution in [-0.2, 0) is 18.4 Å². The normalized spacial score (nSPS) is 15.4. The molecule has 1 fully saturated rings. The van der Waals surface area contributed by atoms with Crippen molar-refractivity contribution in [1.82, 2.24) is 14.7 Å². The van der Waals surface area contributed by atoms with Crippen LogP contribution in [0.15, 0.2) is 30.3 Å². The van der Waals surface area contributed by atoms with Gasteiger partial charge in [-0.15, -0.1) is 0 Å². The average molecular weight is 354 g/mol. The Hall–Kier alpha value is -2.14. The Morgan fingerprint density at radius 2 is 1.88 bits per heavy atom. The largest absolute Gasteiger partial charge is 0.322 e. The molecule has 1 heterocycles. The number of nitrogens with one attached hydrogen (secondary N) is 1. The Morgan fingerprint density at radius 1 is 1.19 bits per heavy atom. The summed E-state index contributed by atoms with van der Waals surface area (Å²) in [7, 11) is 1.90. The Kier molecular flexibility index (Phi) is 6.09. The lowest BCUT2D eigenvalue weighted by atomic mass is 9.93. The summed E-state index contributed by atoms with van der Waals surface area (Å²) in [6.07, 6.45) is 6.21. The summed E-state index contributed by atoms with van der Waals surface area (Å²) in [5, 5.41) is 7.48. The number of aryl methyl sites for hydroxylation is 2. The van der Waals surface area contributed by atoms with Gasteiger partial charge in [-0.3, -0.25) is 14.4 Å². The predicted octanol–water partition coefficient (Wildman–Crippen LogP) is 3.81. The predicted molar refractivity (Wildman–Crippen MR) is 105 cm³/mol. The maximum atomic E-state index is 12.8. The van der Waals surface area contributed by atoms with Gasteiger partial charge in [0.05, 0.1) is 23.6 Å². The zero-order valence-electron chi connectivity index (χ0n) is 16.2. The standard InChI is InChI=1S/C21H30N4O/c1-16-21(17(2)24(3)23-16)22-20(26)15-25(19-12-8-5-9-13-19)14-18-10-6-4-7-11-18/h4,6-7,10-11,19H,5,8-9,12-15H2,1-3H3,(H,22,26).